The summed E-state index contributed by atoms with van der Waals surface area (Å²) in [6.07, 6.45) is 27.5. The third-order valence-electron chi connectivity index (χ3n) is 5.78. The summed E-state index contributed by atoms with van der Waals surface area (Å²) in [6.45, 7) is 8.56. The fourth-order valence-corrected chi connectivity index (χ4v) is 3.76. The first kappa shape index (κ1) is 28.2. The molecule has 29 heavy (non-hydrogen) atoms. The van der Waals surface area contributed by atoms with E-state index in [9.17, 15) is 4.79 Å². The lowest BCUT2D eigenvalue weighted by atomic mass is 10.0. The van der Waals surface area contributed by atoms with E-state index in [0.29, 0.717) is 13.0 Å². The summed E-state index contributed by atoms with van der Waals surface area (Å²) in [5.74, 6) is -0.0433. The first-order valence-electron chi connectivity index (χ1n) is 13.0. The van der Waals surface area contributed by atoms with Crippen molar-refractivity contribution in [3.8, 4) is 0 Å². The summed E-state index contributed by atoms with van der Waals surface area (Å²) in [7, 11) is 0. The summed E-state index contributed by atoms with van der Waals surface area (Å²) in [4.78, 5) is 11.6. The number of esters is 1. The second-order valence-electron chi connectivity index (χ2n) is 9.04. The largest absolute Gasteiger partial charge is 0.465 e. The molecule has 0 aromatic rings. The fourth-order valence-electron chi connectivity index (χ4n) is 3.76. The summed E-state index contributed by atoms with van der Waals surface area (Å²) < 4.78 is 5.19. The molecule has 0 spiro atoms. The van der Waals surface area contributed by atoms with Crippen LogP contribution in [0.5, 0.6) is 0 Å². The van der Waals surface area contributed by atoms with Crippen LogP contribution in [-0.4, -0.2) is 12.6 Å². The lowest BCUT2D eigenvalue weighted by Crippen LogP contribution is -2.05. The Morgan fingerprint density at radius 1 is 0.586 bits per heavy atom. The van der Waals surface area contributed by atoms with Crippen LogP contribution in [-0.2, 0) is 9.53 Å². The number of ether oxygens (including phenoxy) is 1. The van der Waals surface area contributed by atoms with E-state index in [4.69, 9.17) is 4.74 Å². The first-order chi connectivity index (χ1) is 14.2. The van der Waals surface area contributed by atoms with E-state index in [1.807, 2.05) is 6.92 Å². The van der Waals surface area contributed by atoms with Crippen molar-refractivity contribution >= 4 is 5.97 Å². The van der Waals surface area contributed by atoms with Crippen LogP contribution < -0.4 is 0 Å². The van der Waals surface area contributed by atoms with Crippen LogP contribution in [0.15, 0.2) is 12.2 Å². The second kappa shape index (κ2) is 23.5. The molecule has 0 aliphatic carbocycles. The normalized spacial score (nSPS) is 11.0. The van der Waals surface area contributed by atoms with Crippen molar-refractivity contribution < 1.29 is 9.53 Å². The predicted octanol–water partition coefficient (Wildman–Crippen LogP) is 9.32. The van der Waals surface area contributed by atoms with E-state index < -0.39 is 0 Å². The van der Waals surface area contributed by atoms with Gasteiger partial charge in [0.1, 0.15) is 0 Å². The van der Waals surface area contributed by atoms with Gasteiger partial charge >= 0.3 is 5.97 Å². The minimum absolute atomic E-state index is 0.0433. The number of hydrogen-bond acceptors (Lipinski definition) is 2. The third-order valence-corrected chi connectivity index (χ3v) is 5.78. The zero-order valence-electron chi connectivity index (χ0n) is 20.1. The minimum Gasteiger partial charge on any atom is -0.465 e. The molecule has 0 aromatic heterocycles. The highest BCUT2D eigenvalue weighted by Gasteiger charge is 2.02. The monoisotopic (exact) mass is 408 g/mol. The Bertz CT molecular complexity index is 362. The molecule has 0 unspecified atom stereocenters. The van der Waals surface area contributed by atoms with Crippen molar-refractivity contribution in [1.29, 1.82) is 0 Å². The molecule has 0 amide bonds. The predicted molar refractivity (Wildman–Crippen MR) is 128 cm³/mol. The molecule has 2 nitrogen and oxygen atoms in total. The highest BCUT2D eigenvalue weighted by Crippen LogP contribution is 2.15. The molecule has 0 saturated carbocycles. The Morgan fingerprint density at radius 3 is 1.28 bits per heavy atom. The van der Waals surface area contributed by atoms with Crippen LogP contribution >= 0.6 is 0 Å². The van der Waals surface area contributed by atoms with Crippen molar-refractivity contribution in [3.63, 3.8) is 0 Å². The number of carbonyl (C=O) groups excluding carboxylic acids is 1. The molecule has 0 atom stereocenters. The van der Waals surface area contributed by atoms with E-state index in [0.717, 1.165) is 24.8 Å². The van der Waals surface area contributed by atoms with E-state index in [1.54, 1.807) is 0 Å². The molecule has 0 rings (SSSR count). The average Bonchev–Trinajstić information content (AvgIpc) is 2.69. The Kier molecular flexibility index (Phi) is 22.8. The second-order valence-corrected chi connectivity index (χ2v) is 9.04. The number of unbranched alkanes of at least 4 members (excludes halogenated alkanes) is 18. The first-order valence-corrected chi connectivity index (χ1v) is 13.0. The van der Waals surface area contributed by atoms with E-state index in [-0.39, 0.29) is 5.97 Å². The van der Waals surface area contributed by atoms with Gasteiger partial charge in [-0.05, 0) is 13.3 Å². The molecule has 0 N–H and O–H groups in total. The molecule has 0 fully saturated rings. The Balaban J connectivity index is 3.10. The van der Waals surface area contributed by atoms with Gasteiger partial charge in [-0.25, -0.2) is 0 Å². The van der Waals surface area contributed by atoms with Gasteiger partial charge in [-0.15, -0.1) is 6.58 Å². The van der Waals surface area contributed by atoms with Crippen LogP contribution in [0.4, 0.5) is 0 Å². The summed E-state index contributed by atoms with van der Waals surface area (Å²) in [5.41, 5.74) is 1.07. The molecule has 0 heterocycles. The molecule has 0 aliphatic heterocycles. The van der Waals surface area contributed by atoms with Gasteiger partial charge in [-0.2, -0.15) is 0 Å². The van der Waals surface area contributed by atoms with Gasteiger partial charge in [0.25, 0.3) is 0 Å². The minimum atomic E-state index is -0.0433. The lowest BCUT2D eigenvalue weighted by molar-refractivity contribution is -0.143. The maximum absolute atomic E-state index is 11.6. The Hall–Kier alpha value is -0.790. The van der Waals surface area contributed by atoms with Gasteiger partial charge in [0.15, 0.2) is 0 Å². The Morgan fingerprint density at radius 2 is 0.931 bits per heavy atom. The van der Waals surface area contributed by atoms with Crippen LogP contribution in [0, 0.1) is 0 Å². The van der Waals surface area contributed by atoms with Crippen LogP contribution in [0.3, 0.4) is 0 Å². The number of rotatable bonds is 23. The van der Waals surface area contributed by atoms with E-state index in [1.165, 1.54) is 109 Å². The third kappa shape index (κ3) is 25.2. The van der Waals surface area contributed by atoms with E-state index in [2.05, 4.69) is 13.5 Å². The molecular weight excluding hydrogens is 356 g/mol. The van der Waals surface area contributed by atoms with Gasteiger partial charge in [-0.3, -0.25) is 4.79 Å². The van der Waals surface area contributed by atoms with E-state index >= 15 is 0 Å². The van der Waals surface area contributed by atoms with Crippen LogP contribution in [0.2, 0.25) is 0 Å². The summed E-state index contributed by atoms with van der Waals surface area (Å²) >= 11 is 0. The van der Waals surface area contributed by atoms with Gasteiger partial charge in [-0.1, -0.05) is 128 Å². The molecule has 2 heteroatoms. The smallest absolute Gasteiger partial charge is 0.305 e. The number of hydrogen-bond donors (Lipinski definition) is 0. The van der Waals surface area contributed by atoms with Gasteiger partial charge in [0.05, 0.1) is 6.61 Å². The summed E-state index contributed by atoms with van der Waals surface area (Å²) in [6, 6.07) is 0. The van der Waals surface area contributed by atoms with Gasteiger partial charge < -0.3 is 4.74 Å². The van der Waals surface area contributed by atoms with Crippen molar-refractivity contribution in [3.05, 3.63) is 12.2 Å². The molecular formula is C27H52O2. The maximum atomic E-state index is 11.6. The topological polar surface area (TPSA) is 26.3 Å². The average molecular weight is 409 g/mol. The highest BCUT2D eigenvalue weighted by molar-refractivity contribution is 5.69. The molecule has 0 aromatic carbocycles. The SMILES string of the molecule is C=C(C)CCOC(=O)CCCCCCCCCCCCCCCCCCCCC. The van der Waals surface area contributed by atoms with Crippen LogP contribution in [0.1, 0.15) is 149 Å². The number of carbonyl (C=O) groups is 1. The molecule has 0 radical (unpaired) electrons. The zero-order valence-corrected chi connectivity index (χ0v) is 20.1. The highest BCUT2D eigenvalue weighted by atomic mass is 16.5. The standard InChI is InChI=1S/C27H52O2/c1-4-5-6-7-8-9-10-11-12-13-14-15-16-17-18-19-20-21-22-23-27(28)29-25-24-26(2)3/h2,4-25H2,1,3H3. The zero-order chi connectivity index (χ0) is 21.4. The maximum Gasteiger partial charge on any atom is 0.305 e. The van der Waals surface area contributed by atoms with Crippen molar-refractivity contribution in [1.82, 2.24) is 0 Å². The van der Waals surface area contributed by atoms with Crippen molar-refractivity contribution in [2.45, 2.75) is 149 Å². The molecule has 0 aliphatic rings. The summed E-state index contributed by atoms with van der Waals surface area (Å²) in [5, 5.41) is 0. The lowest BCUT2D eigenvalue weighted by Gasteiger charge is -2.05. The van der Waals surface area contributed by atoms with Crippen LogP contribution in [0.25, 0.3) is 0 Å². The molecule has 172 valence electrons. The van der Waals surface area contributed by atoms with Crippen molar-refractivity contribution in [2.24, 2.45) is 0 Å². The molecule has 0 bridgehead atoms. The van der Waals surface area contributed by atoms with Gasteiger partial charge in [0.2, 0.25) is 0 Å². The quantitative estimate of drug-likeness (QED) is 0.0956. The Labute approximate surface area is 183 Å². The van der Waals surface area contributed by atoms with Gasteiger partial charge in [0, 0.05) is 12.8 Å². The van der Waals surface area contributed by atoms with Crippen molar-refractivity contribution in [2.75, 3.05) is 6.61 Å². The molecule has 0 saturated heterocycles. The fraction of sp³-hybridized carbons (Fsp3) is 0.889.